The normalized spacial score (nSPS) is 25.2. The molecule has 2 amide bonds. The smallest absolute Gasteiger partial charge is 0.259 e. The Hall–Kier alpha value is -4.27. The van der Waals surface area contributed by atoms with Crippen LogP contribution < -0.4 is 20.1 Å². The van der Waals surface area contributed by atoms with E-state index in [2.05, 4.69) is 28.0 Å². The molecule has 1 aromatic heterocycles. The molecule has 2 aliphatic carbocycles. The summed E-state index contributed by atoms with van der Waals surface area (Å²) in [6.45, 7) is 4.12. The summed E-state index contributed by atoms with van der Waals surface area (Å²) in [4.78, 5) is 31.0. The van der Waals surface area contributed by atoms with Gasteiger partial charge in [0.1, 0.15) is 11.6 Å². The molecule has 0 spiro atoms. The van der Waals surface area contributed by atoms with Crippen LogP contribution in [0.25, 0.3) is 22.0 Å². The third-order valence-corrected chi connectivity index (χ3v) is 9.77. The Morgan fingerprint density at radius 3 is 2.61 bits per heavy atom. The molecule has 3 aromatic rings. The van der Waals surface area contributed by atoms with Gasteiger partial charge in [0.05, 0.1) is 28.6 Å². The Balaban J connectivity index is 1.16. The van der Waals surface area contributed by atoms with Crippen molar-refractivity contribution in [2.45, 2.75) is 48.6 Å². The molecule has 210 valence electrons. The Kier molecular flexibility index (Phi) is 6.76. The van der Waals surface area contributed by atoms with Gasteiger partial charge in [-0.15, -0.1) is 6.58 Å². The van der Waals surface area contributed by atoms with E-state index < -0.39 is 38.7 Å². The van der Waals surface area contributed by atoms with Gasteiger partial charge in [-0.1, -0.05) is 36.4 Å². The SMILES string of the molecule is C=C[C@@H]1C[C@]1(NC(=O)[C@@H]1C[C@@H](Oc2nc(-c3ccc(C#N)cc3)cc3ccccc23)CN1)C(=O)NS(=O)(=O)C1CC1. The van der Waals surface area contributed by atoms with E-state index in [1.54, 1.807) is 18.2 Å². The van der Waals surface area contributed by atoms with Gasteiger partial charge in [0.15, 0.2) is 0 Å². The number of carbonyl (C=O) groups excluding carboxylic acids is 2. The molecule has 4 atom stereocenters. The van der Waals surface area contributed by atoms with E-state index in [1.165, 1.54) is 0 Å². The molecule has 3 fully saturated rings. The van der Waals surface area contributed by atoms with E-state index in [-0.39, 0.29) is 12.0 Å². The highest BCUT2D eigenvalue weighted by Gasteiger charge is 2.61. The largest absolute Gasteiger partial charge is 0.472 e. The van der Waals surface area contributed by atoms with Gasteiger partial charge in [-0.25, -0.2) is 13.4 Å². The summed E-state index contributed by atoms with van der Waals surface area (Å²) in [7, 11) is -3.75. The molecular weight excluding hydrogens is 542 g/mol. The first-order valence-electron chi connectivity index (χ1n) is 13.5. The van der Waals surface area contributed by atoms with Crippen LogP contribution in [0.2, 0.25) is 0 Å². The average Bonchev–Trinajstić information content (AvgIpc) is 3.90. The molecule has 1 saturated heterocycles. The van der Waals surface area contributed by atoms with E-state index >= 15 is 0 Å². The van der Waals surface area contributed by atoms with Crippen LogP contribution in [0.5, 0.6) is 5.88 Å². The number of carbonyl (C=O) groups is 2. The lowest BCUT2D eigenvalue weighted by Gasteiger charge is -2.21. The first-order chi connectivity index (χ1) is 19.7. The van der Waals surface area contributed by atoms with Crippen molar-refractivity contribution in [1.82, 2.24) is 20.3 Å². The second-order valence-electron chi connectivity index (χ2n) is 10.8. The van der Waals surface area contributed by atoms with Gasteiger partial charge >= 0.3 is 0 Å². The van der Waals surface area contributed by atoms with E-state index in [9.17, 15) is 18.0 Å². The van der Waals surface area contributed by atoms with Gasteiger partial charge in [0, 0.05) is 29.8 Å². The molecule has 0 bridgehead atoms. The molecule has 6 rings (SSSR count). The molecule has 1 aliphatic heterocycles. The number of ether oxygens (including phenoxy) is 1. The van der Waals surface area contributed by atoms with Crippen molar-refractivity contribution in [3.63, 3.8) is 0 Å². The number of nitrogens with one attached hydrogen (secondary N) is 3. The summed E-state index contributed by atoms with van der Waals surface area (Å²) in [6.07, 6.45) is 2.88. The highest BCUT2D eigenvalue weighted by molar-refractivity contribution is 7.91. The van der Waals surface area contributed by atoms with Gasteiger partial charge in [-0.05, 0) is 48.9 Å². The summed E-state index contributed by atoms with van der Waals surface area (Å²) in [5.74, 6) is -1.03. The first kappa shape index (κ1) is 26.9. The predicted molar refractivity (Wildman–Crippen MR) is 152 cm³/mol. The standard InChI is InChI=1S/C30H29N5O5S/c1-2-21-15-30(21,29(37)35-41(38,39)23-11-12-23)34-27(36)26-14-22(17-32-26)40-28-24-6-4-3-5-20(24)13-25(33-28)19-9-7-18(16-31)8-10-19/h2-10,13,21-23,26,32H,1,11-12,14-15,17H2,(H,34,36)(H,35,37)/t21-,22-,26+,30-/m1/s1. The van der Waals surface area contributed by atoms with Crippen molar-refractivity contribution in [3.8, 4) is 23.2 Å². The van der Waals surface area contributed by atoms with Crippen LogP contribution in [0.1, 0.15) is 31.2 Å². The molecule has 2 saturated carbocycles. The Bertz CT molecular complexity index is 1700. The topological polar surface area (TPSA) is 150 Å². The summed E-state index contributed by atoms with van der Waals surface area (Å²) in [5, 5.41) is 16.3. The Morgan fingerprint density at radius 1 is 1.17 bits per heavy atom. The predicted octanol–water partition coefficient (Wildman–Crippen LogP) is 2.55. The number of sulfonamides is 1. The maximum atomic E-state index is 13.2. The lowest BCUT2D eigenvalue weighted by molar-refractivity contribution is -0.130. The summed E-state index contributed by atoms with van der Waals surface area (Å²) >= 11 is 0. The number of nitrogens with zero attached hydrogens (tertiary/aromatic N) is 2. The number of benzene rings is 2. The number of amides is 2. The Labute approximate surface area is 237 Å². The van der Waals surface area contributed by atoms with Crippen LogP contribution in [-0.4, -0.2) is 54.7 Å². The number of fused-ring (bicyclic) bond motifs is 1. The molecule has 2 aromatic carbocycles. The van der Waals surface area contributed by atoms with E-state index in [1.807, 2.05) is 42.5 Å². The van der Waals surface area contributed by atoms with Gasteiger partial charge in [-0.2, -0.15) is 5.26 Å². The second-order valence-corrected chi connectivity index (χ2v) is 12.8. The van der Waals surface area contributed by atoms with Crippen LogP contribution in [0.15, 0.2) is 67.3 Å². The lowest BCUT2D eigenvalue weighted by atomic mass is 10.1. The average molecular weight is 572 g/mol. The summed E-state index contributed by atoms with van der Waals surface area (Å²) in [6, 6.07) is 18.3. The minimum absolute atomic E-state index is 0.291. The fourth-order valence-corrected chi connectivity index (χ4v) is 6.66. The van der Waals surface area contributed by atoms with Crippen molar-refractivity contribution in [1.29, 1.82) is 5.26 Å². The van der Waals surface area contributed by atoms with Crippen molar-refractivity contribution in [3.05, 3.63) is 72.8 Å². The van der Waals surface area contributed by atoms with Crippen LogP contribution in [0.3, 0.4) is 0 Å². The molecule has 10 nitrogen and oxygen atoms in total. The molecule has 2 heterocycles. The Morgan fingerprint density at radius 2 is 1.93 bits per heavy atom. The molecule has 0 radical (unpaired) electrons. The molecule has 11 heteroatoms. The summed E-state index contributed by atoms with van der Waals surface area (Å²) in [5.41, 5.74) is 0.771. The third-order valence-electron chi connectivity index (χ3n) is 7.95. The maximum Gasteiger partial charge on any atom is 0.259 e. The number of hydrogen-bond donors (Lipinski definition) is 3. The van der Waals surface area contributed by atoms with Gasteiger partial charge in [0.2, 0.25) is 21.8 Å². The van der Waals surface area contributed by atoms with Crippen LogP contribution in [-0.2, 0) is 19.6 Å². The highest BCUT2D eigenvalue weighted by atomic mass is 32.2. The van der Waals surface area contributed by atoms with E-state index in [0.717, 1.165) is 16.3 Å². The van der Waals surface area contributed by atoms with Crippen molar-refractivity contribution in [2.24, 2.45) is 5.92 Å². The van der Waals surface area contributed by atoms with Gasteiger partial charge in [0.25, 0.3) is 5.91 Å². The van der Waals surface area contributed by atoms with Crippen LogP contribution in [0, 0.1) is 17.2 Å². The fourth-order valence-electron chi connectivity index (χ4n) is 5.29. The van der Waals surface area contributed by atoms with Crippen molar-refractivity contribution < 1.29 is 22.7 Å². The molecular formula is C30H29N5O5S. The zero-order valence-electron chi connectivity index (χ0n) is 22.2. The lowest BCUT2D eigenvalue weighted by Crippen LogP contribution is -2.55. The van der Waals surface area contributed by atoms with Crippen molar-refractivity contribution >= 4 is 32.6 Å². The number of aromatic nitrogens is 1. The second kappa shape index (κ2) is 10.3. The highest BCUT2D eigenvalue weighted by Crippen LogP contribution is 2.45. The third kappa shape index (κ3) is 5.28. The van der Waals surface area contributed by atoms with E-state index in [0.29, 0.717) is 49.4 Å². The summed E-state index contributed by atoms with van der Waals surface area (Å²) < 4.78 is 33.2. The van der Waals surface area contributed by atoms with Gasteiger partial charge in [-0.3, -0.25) is 14.3 Å². The monoisotopic (exact) mass is 571 g/mol. The number of hydrogen-bond acceptors (Lipinski definition) is 8. The van der Waals surface area contributed by atoms with Crippen LogP contribution >= 0.6 is 0 Å². The molecule has 41 heavy (non-hydrogen) atoms. The number of nitriles is 1. The molecule has 0 unspecified atom stereocenters. The molecule has 3 aliphatic rings. The quantitative estimate of drug-likeness (QED) is 0.332. The van der Waals surface area contributed by atoms with Crippen molar-refractivity contribution in [2.75, 3.05) is 6.54 Å². The first-order valence-corrected chi connectivity index (χ1v) is 15.1. The zero-order valence-corrected chi connectivity index (χ0v) is 23.0. The maximum absolute atomic E-state index is 13.2. The number of pyridine rings is 1. The fraction of sp³-hybridized carbons (Fsp3) is 0.333. The zero-order chi connectivity index (χ0) is 28.8. The van der Waals surface area contributed by atoms with E-state index in [4.69, 9.17) is 15.0 Å². The minimum Gasteiger partial charge on any atom is -0.472 e. The minimum atomic E-state index is -3.75. The molecule has 3 N–H and O–H groups in total. The number of rotatable bonds is 9. The van der Waals surface area contributed by atoms with Crippen LogP contribution in [0.4, 0.5) is 0 Å². The van der Waals surface area contributed by atoms with Gasteiger partial charge < -0.3 is 15.4 Å².